The Labute approximate surface area is 289 Å². The maximum atomic E-state index is 18.0. The number of carbonyl (C=O) groups is 1. The lowest BCUT2D eigenvalue weighted by Gasteiger charge is -2.48. The number of aliphatic hydroxyl groups excluding tert-OH is 1. The van der Waals surface area contributed by atoms with Crippen LogP contribution in [0, 0.1) is 19.7 Å². The molecule has 0 bridgehead atoms. The Hall–Kier alpha value is -4.61. The topological polar surface area (TPSA) is 107 Å². The first-order chi connectivity index (χ1) is 23.3. The van der Waals surface area contributed by atoms with E-state index in [1.807, 2.05) is 46.8 Å². The average Bonchev–Trinajstić information content (AvgIpc) is 3.22. The second-order valence-electron chi connectivity index (χ2n) is 13.5. The summed E-state index contributed by atoms with van der Waals surface area (Å²) in [5.41, 5.74) is 5.25. The number of nitrogens with zero attached hydrogens (tertiary/aromatic N) is 5. The van der Waals surface area contributed by atoms with Gasteiger partial charge in [-0.3, -0.25) is 14.3 Å². The highest BCUT2D eigenvalue weighted by Gasteiger charge is 2.46. The van der Waals surface area contributed by atoms with E-state index in [-0.39, 0.29) is 58.2 Å². The van der Waals surface area contributed by atoms with Crippen LogP contribution in [-0.2, 0) is 16.6 Å². The number of anilines is 2. The van der Waals surface area contributed by atoms with Gasteiger partial charge in [0.15, 0.2) is 17.8 Å². The molecule has 4 aromatic rings. The van der Waals surface area contributed by atoms with Gasteiger partial charge in [0.05, 0.1) is 51.5 Å². The van der Waals surface area contributed by atoms with E-state index in [0.29, 0.717) is 58.7 Å². The third-order valence-electron chi connectivity index (χ3n) is 10.2. The van der Waals surface area contributed by atoms with Crippen LogP contribution < -0.4 is 10.6 Å². The van der Waals surface area contributed by atoms with Gasteiger partial charge in [0.1, 0.15) is 0 Å². The smallest absolute Gasteiger partial charge is 0.326 e. The average molecular weight is 687 g/mol. The summed E-state index contributed by atoms with van der Waals surface area (Å²) in [6, 6.07) is 6.83. The number of ether oxygens (including phenoxy) is 1. The molecule has 0 spiro atoms. The number of halogens is 2. The predicted molar refractivity (Wildman–Crippen MR) is 189 cm³/mol. The molecule has 3 aliphatic rings. The van der Waals surface area contributed by atoms with Gasteiger partial charge in [-0.1, -0.05) is 38.1 Å². The molecule has 256 valence electrons. The minimum atomic E-state index is -1.41. The largest absolute Gasteiger partial charge is 0.491 e. The number of fused-ring (bicyclic) bond motifs is 5. The maximum absolute atomic E-state index is 18.0. The van der Waals surface area contributed by atoms with Gasteiger partial charge in [-0.05, 0) is 62.1 Å². The second kappa shape index (κ2) is 12.1. The zero-order valence-corrected chi connectivity index (χ0v) is 29.2. The van der Waals surface area contributed by atoms with Crippen LogP contribution in [0.5, 0.6) is 0 Å². The maximum Gasteiger partial charge on any atom is 0.326 e. The quantitative estimate of drug-likeness (QED) is 0.250. The fraction of sp³-hybridized carbons (Fsp3) is 0.378. The van der Waals surface area contributed by atoms with E-state index in [1.165, 1.54) is 10.6 Å². The molecule has 0 saturated carbocycles. The number of amides is 1. The van der Waals surface area contributed by atoms with E-state index < -0.39 is 12.0 Å². The molecule has 3 unspecified atom stereocenters. The van der Waals surface area contributed by atoms with E-state index in [1.54, 1.807) is 35.2 Å². The Morgan fingerprint density at radius 2 is 1.94 bits per heavy atom. The molecule has 49 heavy (non-hydrogen) atoms. The second-order valence-corrected chi connectivity index (χ2v) is 14.0. The van der Waals surface area contributed by atoms with Crippen LogP contribution >= 0.6 is 11.6 Å². The lowest BCUT2D eigenvalue weighted by Crippen LogP contribution is -2.58. The molecule has 3 atom stereocenters. The van der Waals surface area contributed by atoms with Gasteiger partial charge in [-0.15, -0.1) is 0 Å². The monoisotopic (exact) mass is 686 g/mol. The van der Waals surface area contributed by atoms with Crippen molar-refractivity contribution in [1.82, 2.24) is 24.3 Å². The summed E-state index contributed by atoms with van der Waals surface area (Å²) >= 11 is 7.16. The fourth-order valence-corrected chi connectivity index (χ4v) is 8.06. The third-order valence-corrected chi connectivity index (χ3v) is 10.5. The summed E-state index contributed by atoms with van der Waals surface area (Å²) < 4.78 is 25.9. The number of nitrogens with one attached hydrogen (secondary N) is 1. The Morgan fingerprint density at radius 1 is 1.18 bits per heavy atom. The minimum Gasteiger partial charge on any atom is -0.491 e. The van der Waals surface area contributed by atoms with Crippen LogP contribution in [0.3, 0.4) is 0 Å². The molecule has 10 nitrogen and oxygen atoms in total. The number of aryl methyl sites for hydroxylation is 3. The summed E-state index contributed by atoms with van der Waals surface area (Å²) in [6.45, 7) is 14.5. The number of hydrogen-bond acceptors (Lipinski definition) is 7. The lowest BCUT2D eigenvalue weighted by atomic mass is 9.90. The molecule has 1 saturated heterocycles. The van der Waals surface area contributed by atoms with Crippen molar-refractivity contribution in [3.05, 3.63) is 92.6 Å². The van der Waals surface area contributed by atoms with Crippen LogP contribution in [0.25, 0.3) is 27.9 Å². The number of benzene rings is 2. The molecule has 2 N–H and O–H groups in total. The van der Waals surface area contributed by atoms with Crippen molar-refractivity contribution in [2.24, 2.45) is 7.05 Å². The Morgan fingerprint density at radius 3 is 2.65 bits per heavy atom. The predicted octanol–water partition coefficient (Wildman–Crippen LogP) is 6.11. The molecule has 1 amide bonds. The van der Waals surface area contributed by atoms with Crippen molar-refractivity contribution in [3.8, 4) is 11.1 Å². The highest BCUT2D eigenvalue weighted by Crippen LogP contribution is 2.53. The van der Waals surface area contributed by atoms with Crippen molar-refractivity contribution in [3.63, 3.8) is 0 Å². The minimum absolute atomic E-state index is 0.0584. The first-order valence-electron chi connectivity index (χ1n) is 16.6. The van der Waals surface area contributed by atoms with Gasteiger partial charge in [-0.25, -0.2) is 9.18 Å². The van der Waals surface area contributed by atoms with E-state index in [9.17, 15) is 14.7 Å². The molecular weight excluding hydrogens is 647 g/mol. The molecule has 0 aliphatic carbocycles. The summed E-state index contributed by atoms with van der Waals surface area (Å²) in [5.74, 6) is -0.572. The zero-order chi connectivity index (χ0) is 35.0. The van der Waals surface area contributed by atoms with Gasteiger partial charge in [-0.2, -0.15) is 0 Å². The molecule has 0 radical (unpaired) electrons. The number of aromatic amines is 1. The number of carbonyl (C=O) groups excluding carboxylic acids is 1. The van der Waals surface area contributed by atoms with Gasteiger partial charge in [0.25, 0.3) is 0 Å². The number of aromatic nitrogens is 3. The van der Waals surface area contributed by atoms with E-state index in [0.717, 1.165) is 11.1 Å². The number of piperazine rings is 1. The highest BCUT2D eigenvalue weighted by molar-refractivity contribution is 6.34. The molecule has 7 rings (SSSR count). The molecular formula is C37H40ClFN6O4. The highest BCUT2D eigenvalue weighted by atomic mass is 35.5. The molecule has 1 fully saturated rings. The standard InChI is InChI=1S/C37H40ClFN6O4/c1-8-26(46)43-17-22-12-14-49-35-33(44(22)16-21(43)6)23-15-24(38)28(27-19(4)9-10-25-34(27)42(7)37(48)41-25)29(39)32(23)45(36(35)47)31-20(5)11-13-40-30(31)18(2)3/h8-11,13,15,18,21-22,36,47H,1,12,14,16-17H2,2-7H3,(H,41,48). The Kier molecular flexibility index (Phi) is 8.10. The Bertz CT molecular complexity index is 2140. The number of H-pyrrole nitrogens is 1. The van der Waals surface area contributed by atoms with Gasteiger partial charge >= 0.3 is 5.69 Å². The van der Waals surface area contributed by atoms with E-state index in [4.69, 9.17) is 21.3 Å². The van der Waals surface area contributed by atoms with Crippen molar-refractivity contribution >= 4 is 45.6 Å². The van der Waals surface area contributed by atoms with Crippen molar-refractivity contribution in [1.29, 1.82) is 0 Å². The molecule has 12 heteroatoms. The first-order valence-corrected chi connectivity index (χ1v) is 16.9. The number of rotatable bonds is 4. The molecule has 5 heterocycles. The molecule has 3 aliphatic heterocycles. The van der Waals surface area contributed by atoms with Crippen molar-refractivity contribution in [2.75, 3.05) is 24.6 Å². The number of pyridine rings is 1. The molecule has 2 aromatic carbocycles. The van der Waals surface area contributed by atoms with Crippen LogP contribution in [0.4, 0.5) is 15.8 Å². The van der Waals surface area contributed by atoms with Crippen LogP contribution in [0.1, 0.15) is 55.5 Å². The van der Waals surface area contributed by atoms with Crippen molar-refractivity contribution < 1.29 is 19.0 Å². The Balaban J connectivity index is 1.55. The first kappa shape index (κ1) is 32.9. The van der Waals surface area contributed by atoms with Gasteiger partial charge < -0.3 is 29.5 Å². The van der Waals surface area contributed by atoms with Crippen LogP contribution in [0.15, 0.2) is 53.7 Å². The van der Waals surface area contributed by atoms with Crippen molar-refractivity contribution in [2.45, 2.75) is 65.3 Å². The number of hydrogen-bond donors (Lipinski definition) is 2. The lowest BCUT2D eigenvalue weighted by molar-refractivity contribution is -0.131. The summed E-state index contributed by atoms with van der Waals surface area (Å²) in [7, 11) is 1.64. The zero-order valence-electron chi connectivity index (χ0n) is 28.5. The third kappa shape index (κ3) is 4.96. The molecule has 2 aromatic heterocycles. The summed E-state index contributed by atoms with van der Waals surface area (Å²) in [5, 5.41) is 12.6. The SMILES string of the molecule is C=CC(=O)N1CC2CCOC3=C(c4cc(Cl)c(-c5c(C)ccc6[nH]c(=O)n(C)c56)c(F)c4N(c4c(C)ccnc4C(C)C)C3O)N2CC1C. The number of imidazole rings is 1. The summed E-state index contributed by atoms with van der Waals surface area (Å²) in [6.07, 6.45) is 2.20. The van der Waals surface area contributed by atoms with E-state index >= 15 is 4.39 Å². The fourth-order valence-electron chi connectivity index (χ4n) is 7.77. The van der Waals surface area contributed by atoms with Crippen LogP contribution in [0.2, 0.25) is 5.02 Å². The number of aliphatic hydroxyl groups is 1. The van der Waals surface area contributed by atoms with Crippen LogP contribution in [-0.4, -0.2) is 73.4 Å². The van der Waals surface area contributed by atoms with Gasteiger partial charge in [0, 0.05) is 55.5 Å². The van der Waals surface area contributed by atoms with E-state index in [2.05, 4.69) is 16.5 Å². The summed E-state index contributed by atoms with van der Waals surface area (Å²) in [4.78, 5) is 38.6. The van der Waals surface area contributed by atoms with Gasteiger partial charge in [0.2, 0.25) is 5.91 Å². The normalized spacial score (nSPS) is 20.6.